The highest BCUT2D eigenvalue weighted by Crippen LogP contribution is 2.14. The molecule has 3 N–H and O–H groups in total. The van der Waals surface area contributed by atoms with Gasteiger partial charge in [0.25, 0.3) is 0 Å². The van der Waals surface area contributed by atoms with E-state index in [4.69, 9.17) is 5.73 Å². The molecule has 0 unspecified atom stereocenters. The molecular formula is C13H21N3. The molecule has 0 radical (unpaired) electrons. The predicted octanol–water partition coefficient (Wildman–Crippen LogP) is 1.45. The predicted molar refractivity (Wildman–Crippen MR) is 68.2 cm³/mol. The number of hydrogen-bond donors (Lipinski definition) is 2. The van der Waals surface area contributed by atoms with Crippen molar-refractivity contribution in [3.63, 3.8) is 0 Å². The number of rotatable bonds is 2. The lowest BCUT2D eigenvalue weighted by molar-refractivity contribution is 0.148. The molecule has 0 aliphatic carbocycles. The summed E-state index contributed by atoms with van der Waals surface area (Å²) in [6, 6.07) is 8.18. The fourth-order valence-corrected chi connectivity index (χ4v) is 2.26. The minimum atomic E-state index is 0.228. The number of piperazine rings is 1. The van der Waals surface area contributed by atoms with Crippen LogP contribution < -0.4 is 11.1 Å². The molecule has 0 bridgehead atoms. The van der Waals surface area contributed by atoms with Crippen molar-refractivity contribution in [2.45, 2.75) is 25.9 Å². The lowest BCUT2D eigenvalue weighted by Crippen LogP contribution is -2.56. The second-order valence-corrected chi connectivity index (χ2v) is 5.26. The van der Waals surface area contributed by atoms with Crippen LogP contribution in [0.4, 0.5) is 5.69 Å². The summed E-state index contributed by atoms with van der Waals surface area (Å²) in [5.41, 5.74) is 8.08. The van der Waals surface area contributed by atoms with Crippen molar-refractivity contribution in [2.75, 3.05) is 25.4 Å². The lowest BCUT2D eigenvalue weighted by Gasteiger charge is -2.39. The first-order valence-electron chi connectivity index (χ1n) is 5.87. The van der Waals surface area contributed by atoms with Crippen molar-refractivity contribution in [2.24, 2.45) is 0 Å². The first-order valence-corrected chi connectivity index (χ1v) is 5.87. The van der Waals surface area contributed by atoms with Crippen LogP contribution in [0.15, 0.2) is 24.3 Å². The third-order valence-electron chi connectivity index (χ3n) is 3.04. The van der Waals surface area contributed by atoms with Gasteiger partial charge in [-0.05, 0) is 31.5 Å². The maximum atomic E-state index is 5.68. The van der Waals surface area contributed by atoms with Gasteiger partial charge in [0.1, 0.15) is 0 Å². The van der Waals surface area contributed by atoms with Gasteiger partial charge >= 0.3 is 0 Å². The van der Waals surface area contributed by atoms with Crippen LogP contribution in [-0.2, 0) is 6.54 Å². The van der Waals surface area contributed by atoms with Crippen molar-refractivity contribution < 1.29 is 0 Å². The molecule has 3 heteroatoms. The molecule has 3 nitrogen and oxygen atoms in total. The largest absolute Gasteiger partial charge is 0.399 e. The van der Waals surface area contributed by atoms with Crippen LogP contribution in [0.3, 0.4) is 0 Å². The van der Waals surface area contributed by atoms with Gasteiger partial charge in [-0.3, -0.25) is 4.90 Å². The number of anilines is 1. The zero-order valence-electron chi connectivity index (χ0n) is 10.2. The molecule has 1 aromatic rings. The van der Waals surface area contributed by atoms with Crippen LogP contribution in [-0.4, -0.2) is 30.1 Å². The number of nitrogens with one attached hydrogen (secondary N) is 1. The summed E-state index contributed by atoms with van der Waals surface area (Å²) in [6.45, 7) is 8.81. The number of benzene rings is 1. The molecule has 0 saturated carbocycles. The number of nitrogen functional groups attached to an aromatic ring is 1. The highest BCUT2D eigenvalue weighted by molar-refractivity contribution is 5.39. The summed E-state index contributed by atoms with van der Waals surface area (Å²) in [4.78, 5) is 2.49. The summed E-state index contributed by atoms with van der Waals surface area (Å²) in [7, 11) is 0. The van der Waals surface area contributed by atoms with Gasteiger partial charge in [-0.25, -0.2) is 0 Å². The van der Waals surface area contributed by atoms with Gasteiger partial charge in [0.05, 0.1) is 0 Å². The Morgan fingerprint density at radius 2 is 2.00 bits per heavy atom. The summed E-state index contributed by atoms with van der Waals surface area (Å²) in [5, 5.41) is 3.52. The SMILES string of the molecule is CC1(C)CN(Cc2ccc(N)cc2)CCN1. The van der Waals surface area contributed by atoms with E-state index in [9.17, 15) is 0 Å². The van der Waals surface area contributed by atoms with Crippen LogP contribution in [0.1, 0.15) is 19.4 Å². The highest BCUT2D eigenvalue weighted by Gasteiger charge is 2.25. The molecule has 0 aromatic heterocycles. The van der Waals surface area contributed by atoms with Crippen molar-refractivity contribution >= 4 is 5.69 Å². The third kappa shape index (κ3) is 2.97. The maximum Gasteiger partial charge on any atom is 0.0314 e. The van der Waals surface area contributed by atoms with E-state index in [1.165, 1.54) is 5.56 Å². The molecule has 0 amide bonds. The number of hydrogen-bond acceptors (Lipinski definition) is 3. The van der Waals surface area contributed by atoms with Gasteiger partial charge in [0.15, 0.2) is 0 Å². The van der Waals surface area contributed by atoms with Crippen LogP contribution in [0.5, 0.6) is 0 Å². The molecule has 0 atom stereocenters. The van der Waals surface area contributed by atoms with Gasteiger partial charge in [-0.15, -0.1) is 0 Å². The van der Waals surface area contributed by atoms with E-state index in [0.29, 0.717) is 0 Å². The Morgan fingerprint density at radius 1 is 1.31 bits per heavy atom. The molecule has 88 valence electrons. The van der Waals surface area contributed by atoms with E-state index >= 15 is 0 Å². The van der Waals surface area contributed by atoms with Gasteiger partial charge in [-0.1, -0.05) is 12.1 Å². The zero-order valence-corrected chi connectivity index (χ0v) is 10.2. The Balaban J connectivity index is 1.97. The monoisotopic (exact) mass is 219 g/mol. The zero-order chi connectivity index (χ0) is 11.6. The maximum absolute atomic E-state index is 5.68. The Bertz CT molecular complexity index is 343. The summed E-state index contributed by atoms with van der Waals surface area (Å²) in [5.74, 6) is 0. The van der Waals surface area contributed by atoms with Gasteiger partial charge in [-0.2, -0.15) is 0 Å². The van der Waals surface area contributed by atoms with Crippen LogP contribution in [0, 0.1) is 0 Å². The second-order valence-electron chi connectivity index (χ2n) is 5.26. The molecule has 1 aliphatic rings. The smallest absolute Gasteiger partial charge is 0.0314 e. The normalized spacial score (nSPS) is 20.9. The average molecular weight is 219 g/mol. The molecule has 1 aliphatic heterocycles. The van der Waals surface area contributed by atoms with Crippen molar-refractivity contribution in [1.29, 1.82) is 0 Å². The van der Waals surface area contributed by atoms with Crippen LogP contribution in [0.2, 0.25) is 0 Å². The molecular weight excluding hydrogens is 198 g/mol. The Hall–Kier alpha value is -1.06. The quantitative estimate of drug-likeness (QED) is 0.740. The van der Waals surface area contributed by atoms with E-state index in [1.807, 2.05) is 12.1 Å². The highest BCUT2D eigenvalue weighted by atomic mass is 15.2. The van der Waals surface area contributed by atoms with Gasteiger partial charge in [0, 0.05) is 37.4 Å². The first kappa shape index (κ1) is 11.4. The van der Waals surface area contributed by atoms with Gasteiger partial charge < -0.3 is 11.1 Å². The third-order valence-corrected chi connectivity index (χ3v) is 3.04. The molecule has 1 heterocycles. The number of nitrogens with zero attached hydrogens (tertiary/aromatic N) is 1. The van der Waals surface area contributed by atoms with Gasteiger partial charge in [0.2, 0.25) is 0 Å². The van der Waals surface area contributed by atoms with E-state index in [1.54, 1.807) is 0 Å². The Kier molecular flexibility index (Phi) is 3.17. The van der Waals surface area contributed by atoms with Crippen LogP contribution in [0.25, 0.3) is 0 Å². The molecule has 16 heavy (non-hydrogen) atoms. The Morgan fingerprint density at radius 3 is 2.62 bits per heavy atom. The minimum absolute atomic E-state index is 0.228. The van der Waals surface area contributed by atoms with Crippen molar-refractivity contribution in [1.82, 2.24) is 10.2 Å². The topological polar surface area (TPSA) is 41.3 Å². The fourth-order valence-electron chi connectivity index (χ4n) is 2.26. The second kappa shape index (κ2) is 4.44. The summed E-state index contributed by atoms with van der Waals surface area (Å²) >= 11 is 0. The molecule has 1 saturated heterocycles. The lowest BCUT2D eigenvalue weighted by atomic mass is 10.0. The molecule has 1 fully saturated rings. The summed E-state index contributed by atoms with van der Waals surface area (Å²) in [6.07, 6.45) is 0. The minimum Gasteiger partial charge on any atom is -0.399 e. The molecule has 1 aromatic carbocycles. The molecule has 0 spiro atoms. The van der Waals surface area contributed by atoms with Crippen molar-refractivity contribution in [3.8, 4) is 0 Å². The van der Waals surface area contributed by atoms with E-state index in [0.717, 1.165) is 31.9 Å². The number of nitrogens with two attached hydrogens (primary N) is 1. The standard InChI is InChI=1S/C13H21N3/c1-13(2)10-16(8-7-15-13)9-11-3-5-12(14)6-4-11/h3-6,15H,7-10,14H2,1-2H3. The molecule has 2 rings (SSSR count). The van der Waals surface area contributed by atoms with E-state index < -0.39 is 0 Å². The van der Waals surface area contributed by atoms with Crippen LogP contribution >= 0.6 is 0 Å². The Labute approximate surface area is 97.6 Å². The summed E-state index contributed by atoms with van der Waals surface area (Å²) < 4.78 is 0. The first-order chi connectivity index (χ1) is 7.55. The van der Waals surface area contributed by atoms with E-state index in [2.05, 4.69) is 36.2 Å². The van der Waals surface area contributed by atoms with Crippen molar-refractivity contribution in [3.05, 3.63) is 29.8 Å². The van der Waals surface area contributed by atoms with E-state index in [-0.39, 0.29) is 5.54 Å². The average Bonchev–Trinajstić information content (AvgIpc) is 2.20. The fraction of sp³-hybridized carbons (Fsp3) is 0.538.